The van der Waals surface area contributed by atoms with Crippen LogP contribution in [0.4, 0.5) is 0 Å². The number of halogens is 1. The number of aryl methyl sites for hydroxylation is 5. The fourth-order valence-corrected chi connectivity index (χ4v) is 7.32. The van der Waals surface area contributed by atoms with Crippen molar-refractivity contribution in [2.45, 2.75) is 146 Å². The van der Waals surface area contributed by atoms with Gasteiger partial charge in [-0.2, -0.15) is 0 Å². The quantitative estimate of drug-likeness (QED) is 0.0808. The number of carboxylic acids is 1. The normalized spacial score (nSPS) is 11.8. The molecule has 0 saturated heterocycles. The van der Waals surface area contributed by atoms with Crippen molar-refractivity contribution in [3.05, 3.63) is 177 Å². The third kappa shape index (κ3) is 37.1. The van der Waals surface area contributed by atoms with Crippen LogP contribution in [0.1, 0.15) is 130 Å². The molecule has 7 nitrogen and oxygen atoms in total. The van der Waals surface area contributed by atoms with E-state index in [-0.39, 0.29) is 103 Å². The van der Waals surface area contributed by atoms with Gasteiger partial charge in [-0.15, -0.1) is 12.4 Å². The van der Waals surface area contributed by atoms with Gasteiger partial charge in [-0.3, -0.25) is 13.8 Å². The first-order valence-corrected chi connectivity index (χ1v) is 23.1. The molecular weight excluding hydrogens is 898 g/mol. The van der Waals surface area contributed by atoms with Crippen LogP contribution in [-0.4, -0.2) is 41.1 Å². The molecule has 0 spiro atoms. The molecule has 362 valence electrons. The van der Waals surface area contributed by atoms with E-state index in [0.717, 1.165) is 39.7 Å². The Hall–Kier alpha value is -2.44. The number of aliphatic carboxylic acids is 1. The Morgan fingerprint density at radius 2 is 0.881 bits per heavy atom. The second-order valence-electron chi connectivity index (χ2n) is 17.2. The molecule has 5 rings (SSSR count). The molecule has 11 heteroatoms. The smallest absolute Gasteiger partial charge is 0.870 e. The van der Waals surface area contributed by atoms with E-state index in [1.54, 1.807) is 13.0 Å². The molecule has 0 bridgehead atoms. The number of hydrogen-bond donors (Lipinski definition) is 2. The van der Waals surface area contributed by atoms with Crippen molar-refractivity contribution < 1.29 is 93.2 Å². The van der Waals surface area contributed by atoms with Crippen LogP contribution >= 0.6 is 12.4 Å². The van der Waals surface area contributed by atoms with E-state index in [1.807, 2.05) is 87.5 Å². The largest absolute Gasteiger partial charge is 1.00 e. The van der Waals surface area contributed by atoms with Gasteiger partial charge in [0.1, 0.15) is 10.7 Å². The Balaban J connectivity index is -0.000000235. The van der Waals surface area contributed by atoms with Crippen molar-refractivity contribution in [1.29, 1.82) is 0 Å². The Morgan fingerprint density at radius 3 is 1.16 bits per heavy atom. The molecule has 4 unspecified atom stereocenters. The van der Waals surface area contributed by atoms with Crippen LogP contribution in [0.3, 0.4) is 0 Å². The Morgan fingerprint density at radius 1 is 0.597 bits per heavy atom. The minimum atomic E-state index is -2.48. The number of carbonyl (C=O) groups excluding carboxylic acids is 1. The molecule has 0 aliphatic carbocycles. The zero-order chi connectivity index (χ0) is 46.7. The summed E-state index contributed by atoms with van der Waals surface area (Å²) in [5.41, 5.74) is 11.9. The maximum Gasteiger partial charge on any atom is 1.00 e. The van der Waals surface area contributed by atoms with Crippen molar-refractivity contribution in [2.75, 3.05) is 0 Å². The van der Waals surface area contributed by atoms with Crippen LogP contribution in [0.25, 0.3) is 0 Å². The number of carboxylic acid groups (broad SMARTS) is 1. The van der Waals surface area contributed by atoms with Gasteiger partial charge in [0.15, 0.2) is 0 Å². The van der Waals surface area contributed by atoms with E-state index in [9.17, 15) is 23.5 Å². The van der Waals surface area contributed by atoms with Gasteiger partial charge in [0.05, 0.1) is 6.42 Å². The first-order valence-electron chi connectivity index (χ1n) is 22.0. The number of carbonyl (C=O) groups is 2. The number of benzene rings is 5. The minimum absolute atomic E-state index is 0. The third-order valence-electron chi connectivity index (χ3n) is 9.84. The van der Waals surface area contributed by atoms with Gasteiger partial charge in [-0.05, 0) is 112 Å². The molecule has 3 N–H and O–H groups in total. The molecule has 0 aliphatic rings. The molecule has 0 radical (unpaired) electrons. The summed E-state index contributed by atoms with van der Waals surface area (Å²) in [5.74, 6) is 1.09. The first kappa shape index (κ1) is 73.5. The number of hydrogen-bond acceptors (Lipinski definition) is 6. The topological polar surface area (TPSA) is 145 Å². The van der Waals surface area contributed by atoms with Crippen LogP contribution in [0, 0.1) is 46.5 Å². The fourth-order valence-electron chi connectivity index (χ4n) is 7.04. The van der Waals surface area contributed by atoms with Gasteiger partial charge in [-0.25, -0.2) is 0 Å². The van der Waals surface area contributed by atoms with Crippen molar-refractivity contribution >= 4 is 35.2 Å². The van der Waals surface area contributed by atoms with Crippen LogP contribution in [0.15, 0.2) is 121 Å². The summed E-state index contributed by atoms with van der Waals surface area (Å²) in [7, 11) is 0. The van der Waals surface area contributed by atoms with Crippen molar-refractivity contribution in [3.63, 3.8) is 0 Å². The predicted molar refractivity (Wildman–Crippen MR) is 276 cm³/mol. The molecule has 5 aromatic carbocycles. The van der Waals surface area contributed by atoms with Crippen molar-refractivity contribution in [2.24, 2.45) is 11.8 Å². The Bertz CT molecular complexity index is 1980. The minimum Gasteiger partial charge on any atom is -0.870 e. The molecule has 67 heavy (non-hydrogen) atoms. The van der Waals surface area contributed by atoms with Crippen LogP contribution < -0.4 is 59.1 Å². The summed E-state index contributed by atoms with van der Waals surface area (Å²) in [6.45, 7) is 22.3. The number of rotatable bonds is 15. The maximum atomic E-state index is 10.7. The van der Waals surface area contributed by atoms with Crippen molar-refractivity contribution in [3.8, 4) is 0 Å². The average Bonchev–Trinajstić information content (AvgIpc) is 3.15. The van der Waals surface area contributed by atoms with E-state index in [4.69, 9.17) is 5.11 Å². The maximum absolute atomic E-state index is 10.7. The monoisotopic (exact) mass is 979 g/mol. The first-order chi connectivity index (χ1) is 29.2. The van der Waals surface area contributed by atoms with E-state index < -0.39 is 22.0 Å². The van der Waals surface area contributed by atoms with E-state index >= 15 is 0 Å². The molecule has 4 atom stereocenters. The standard InChI is InChI=1S/2C13H20.C10H14O3S.C10H12O.C9H10O2.CH4.ClH.2Na.H2O/c2*1-4-6-11(2)9-13-8-5-7-12(3)10-13;1-8-4-3-5-9(6-8)7-10(2,11)14(12)13;1-8-4-3-5-10(6-8)7-9(2)11;1-7-3-2-4-8(5-7)6-9(10)11;;;;;/h2*5,7-8,10-11H,4,6,9H2,1-3H3;3-6,11H,7H2,1-2H3,(H,12,13);3-6H,7H2,1-2H3;2-5H,6H2,1H3,(H,10,11);1H4;1H;;;1H2/q;;;;;;;2*+1;/p-2. The fraction of sp³-hybridized carbons (Fsp3) is 0.429. The van der Waals surface area contributed by atoms with Crippen molar-refractivity contribution in [1.82, 2.24) is 0 Å². The zero-order valence-corrected chi connectivity index (χ0v) is 48.0. The van der Waals surface area contributed by atoms with Gasteiger partial charge in [0.25, 0.3) is 0 Å². The second-order valence-corrected chi connectivity index (χ2v) is 18.5. The molecule has 0 heterocycles. The van der Waals surface area contributed by atoms with Crippen LogP contribution in [0.2, 0.25) is 0 Å². The summed E-state index contributed by atoms with van der Waals surface area (Å²) >= 11 is -2.48. The molecule has 0 saturated carbocycles. The van der Waals surface area contributed by atoms with Gasteiger partial charge >= 0.3 is 65.1 Å². The van der Waals surface area contributed by atoms with E-state index in [1.165, 1.54) is 73.3 Å². The van der Waals surface area contributed by atoms with Gasteiger partial charge < -0.3 is 20.2 Å². The SMILES string of the molecule is C.CC(=O)Cc1cccc(C)c1.CCCC(C)Cc1cccc(C)c1.CCCC(C)Cc1cccc(C)c1.Cc1cccc(CC(=O)O)c1.Cc1cccc(CC(C)(O)S(=O)[O-])c1.Cl.[Na+].[Na+].[OH-]. The summed E-state index contributed by atoms with van der Waals surface area (Å²) in [5, 5.41) is 18.0. The Kier molecular flexibility index (Phi) is 45.4. The number of Topliss-reactive ketones (excluding diaryl/α,β-unsaturated/α-hetero) is 1. The average molecular weight is 980 g/mol. The zero-order valence-electron chi connectivity index (χ0n) is 42.4. The molecule has 0 aromatic heterocycles. The summed E-state index contributed by atoms with van der Waals surface area (Å²) in [6, 6.07) is 40.7. The molecule has 0 amide bonds. The molecular formula is C56H81ClNa2O7S. The van der Waals surface area contributed by atoms with Crippen LogP contribution in [-0.2, 0) is 52.8 Å². The summed E-state index contributed by atoms with van der Waals surface area (Å²) in [6.07, 6.45) is 8.53. The molecule has 0 aliphatic heterocycles. The van der Waals surface area contributed by atoms with E-state index in [0.29, 0.717) is 6.42 Å². The third-order valence-corrected chi connectivity index (χ3v) is 10.7. The number of aliphatic hydroxyl groups is 1. The second kappa shape index (κ2) is 41.4. The Labute approximate surface area is 459 Å². The molecule has 0 fully saturated rings. The summed E-state index contributed by atoms with van der Waals surface area (Å²) in [4.78, 5) is 19.3. The van der Waals surface area contributed by atoms with Gasteiger partial charge in [0, 0.05) is 12.8 Å². The van der Waals surface area contributed by atoms with Gasteiger partial charge in [-0.1, -0.05) is 210 Å². The van der Waals surface area contributed by atoms with Gasteiger partial charge in [0.2, 0.25) is 0 Å². The predicted octanol–water partition coefficient (Wildman–Crippen LogP) is 7.71. The summed E-state index contributed by atoms with van der Waals surface area (Å²) < 4.78 is 21.3. The van der Waals surface area contributed by atoms with Crippen LogP contribution in [0.5, 0.6) is 0 Å². The molecule has 5 aromatic rings. The number of ketones is 1. The van der Waals surface area contributed by atoms with E-state index in [2.05, 4.69) is 90.1 Å².